The van der Waals surface area contributed by atoms with Gasteiger partial charge in [0.1, 0.15) is 11.2 Å². The number of pyridine rings is 1. The second-order valence-electron chi connectivity index (χ2n) is 6.44. The Balaban J connectivity index is 1.94. The average Bonchev–Trinajstić information content (AvgIpc) is 2.58. The number of hydrogen-bond donors (Lipinski definition) is 3. The van der Waals surface area contributed by atoms with Gasteiger partial charge in [-0.15, -0.1) is 0 Å². The number of anilines is 2. The van der Waals surface area contributed by atoms with E-state index in [9.17, 15) is 4.79 Å². The lowest BCUT2D eigenvalue weighted by molar-refractivity contribution is 0.330. The lowest BCUT2D eigenvalue weighted by Gasteiger charge is -2.23. The zero-order valence-corrected chi connectivity index (χ0v) is 14.2. The van der Waals surface area contributed by atoms with Crippen LogP contribution in [-0.4, -0.2) is 34.2 Å². The van der Waals surface area contributed by atoms with E-state index in [-0.39, 0.29) is 11.5 Å². The zero-order valence-electron chi connectivity index (χ0n) is 14.2. The Morgan fingerprint density at radius 3 is 2.92 bits per heavy atom. The van der Waals surface area contributed by atoms with Gasteiger partial charge in [0.25, 0.3) is 5.56 Å². The van der Waals surface area contributed by atoms with Gasteiger partial charge in [-0.1, -0.05) is 13.3 Å². The van der Waals surface area contributed by atoms with Gasteiger partial charge in [-0.2, -0.15) is 4.98 Å². The monoisotopic (exact) mass is 330 g/mol. The van der Waals surface area contributed by atoms with E-state index in [2.05, 4.69) is 27.5 Å². The van der Waals surface area contributed by atoms with Crippen LogP contribution < -0.4 is 21.9 Å². The molecule has 130 valence electrons. The SMILES string of the molecule is CCCCNc1nc(N)nc2ccn(CC3CCNCC3)c(=O)c12. The highest BCUT2D eigenvalue weighted by molar-refractivity contribution is 5.89. The van der Waals surface area contributed by atoms with Gasteiger partial charge in [-0.05, 0) is 44.3 Å². The molecule has 0 aromatic carbocycles. The molecule has 2 aromatic rings. The van der Waals surface area contributed by atoms with Crippen molar-refractivity contribution in [1.82, 2.24) is 19.9 Å². The summed E-state index contributed by atoms with van der Waals surface area (Å²) in [6.45, 7) is 5.69. The molecule has 1 aliphatic rings. The molecule has 3 heterocycles. The quantitative estimate of drug-likeness (QED) is 0.696. The van der Waals surface area contributed by atoms with E-state index in [0.29, 0.717) is 22.6 Å². The molecule has 1 saturated heterocycles. The number of hydrogen-bond acceptors (Lipinski definition) is 6. The van der Waals surface area contributed by atoms with Crippen LogP contribution in [0.3, 0.4) is 0 Å². The van der Waals surface area contributed by atoms with Gasteiger partial charge in [0.05, 0.1) is 5.52 Å². The van der Waals surface area contributed by atoms with Crippen LogP contribution in [0.15, 0.2) is 17.1 Å². The van der Waals surface area contributed by atoms with Crippen molar-refractivity contribution in [3.8, 4) is 0 Å². The molecule has 0 radical (unpaired) electrons. The first-order chi connectivity index (χ1) is 11.7. The van der Waals surface area contributed by atoms with E-state index in [4.69, 9.17) is 5.73 Å². The minimum atomic E-state index is -0.0370. The van der Waals surface area contributed by atoms with Gasteiger partial charge < -0.3 is 20.9 Å². The molecule has 7 nitrogen and oxygen atoms in total. The summed E-state index contributed by atoms with van der Waals surface area (Å²) in [5.74, 6) is 1.28. The standard InChI is InChI=1S/C17H26N6O/c1-2-3-7-20-15-14-13(21-17(18)22-15)6-10-23(16(14)24)11-12-4-8-19-9-5-12/h6,10,12,19H,2-5,7-9,11H2,1H3,(H3,18,20,21,22). The molecule has 1 aliphatic heterocycles. The largest absolute Gasteiger partial charge is 0.369 e. The van der Waals surface area contributed by atoms with Crippen LogP contribution in [0.4, 0.5) is 11.8 Å². The zero-order chi connectivity index (χ0) is 16.9. The molecule has 0 bridgehead atoms. The van der Waals surface area contributed by atoms with Gasteiger partial charge in [0.15, 0.2) is 0 Å². The van der Waals surface area contributed by atoms with E-state index in [1.165, 1.54) is 0 Å². The van der Waals surface area contributed by atoms with Crippen LogP contribution in [-0.2, 0) is 6.54 Å². The summed E-state index contributed by atoms with van der Waals surface area (Å²) in [5.41, 5.74) is 6.36. The fourth-order valence-electron chi connectivity index (χ4n) is 3.20. The molecule has 2 aromatic heterocycles. The van der Waals surface area contributed by atoms with Crippen molar-refractivity contribution in [3.05, 3.63) is 22.6 Å². The van der Waals surface area contributed by atoms with Crippen LogP contribution in [0.1, 0.15) is 32.6 Å². The molecule has 0 spiro atoms. The van der Waals surface area contributed by atoms with E-state index < -0.39 is 0 Å². The molecule has 4 N–H and O–H groups in total. The summed E-state index contributed by atoms with van der Waals surface area (Å²) < 4.78 is 1.79. The van der Waals surface area contributed by atoms with Crippen LogP contribution >= 0.6 is 0 Å². The van der Waals surface area contributed by atoms with E-state index in [1.54, 1.807) is 4.57 Å². The number of piperidine rings is 1. The molecule has 7 heteroatoms. The molecule has 3 rings (SSSR count). The molecular weight excluding hydrogens is 304 g/mol. The van der Waals surface area contributed by atoms with Crippen molar-refractivity contribution in [1.29, 1.82) is 0 Å². The van der Waals surface area contributed by atoms with Crippen molar-refractivity contribution in [3.63, 3.8) is 0 Å². The third-order valence-electron chi connectivity index (χ3n) is 4.58. The maximum atomic E-state index is 13.0. The topological polar surface area (TPSA) is 97.9 Å². The van der Waals surface area contributed by atoms with Gasteiger partial charge in [0, 0.05) is 19.3 Å². The van der Waals surface area contributed by atoms with Crippen molar-refractivity contribution in [2.75, 3.05) is 30.7 Å². The number of nitrogens with two attached hydrogens (primary N) is 1. The highest BCUT2D eigenvalue weighted by atomic mass is 16.1. The summed E-state index contributed by atoms with van der Waals surface area (Å²) in [7, 11) is 0. The van der Waals surface area contributed by atoms with Crippen LogP contribution in [0.2, 0.25) is 0 Å². The molecule has 0 unspecified atom stereocenters. The van der Waals surface area contributed by atoms with Crippen molar-refractivity contribution in [2.45, 2.75) is 39.2 Å². The summed E-state index contributed by atoms with van der Waals surface area (Å²) >= 11 is 0. The first-order valence-corrected chi connectivity index (χ1v) is 8.80. The molecule has 24 heavy (non-hydrogen) atoms. The second kappa shape index (κ2) is 7.61. The predicted molar refractivity (Wildman–Crippen MR) is 97.2 cm³/mol. The Bertz CT molecular complexity index is 751. The molecule has 0 saturated carbocycles. The summed E-state index contributed by atoms with van der Waals surface area (Å²) in [4.78, 5) is 21.4. The Kier molecular flexibility index (Phi) is 5.30. The minimum absolute atomic E-state index is 0.0370. The van der Waals surface area contributed by atoms with Crippen LogP contribution in [0.25, 0.3) is 10.9 Å². The number of rotatable bonds is 6. The Labute approximate surface area is 141 Å². The lowest BCUT2D eigenvalue weighted by atomic mass is 9.98. The minimum Gasteiger partial charge on any atom is -0.369 e. The van der Waals surface area contributed by atoms with Crippen molar-refractivity contribution < 1.29 is 0 Å². The summed E-state index contributed by atoms with van der Waals surface area (Å²) in [5, 5.41) is 7.14. The fraction of sp³-hybridized carbons (Fsp3) is 0.588. The van der Waals surface area contributed by atoms with Crippen LogP contribution in [0, 0.1) is 5.92 Å². The predicted octanol–water partition coefficient (Wildman–Crippen LogP) is 1.59. The van der Waals surface area contributed by atoms with Gasteiger partial charge in [-0.3, -0.25) is 4.79 Å². The number of unbranched alkanes of at least 4 members (excludes halogenated alkanes) is 1. The third kappa shape index (κ3) is 3.67. The van der Waals surface area contributed by atoms with Crippen molar-refractivity contribution >= 4 is 22.7 Å². The summed E-state index contributed by atoms with van der Waals surface area (Å²) in [6.07, 6.45) is 6.12. The number of nitrogen functional groups attached to an aromatic ring is 1. The first kappa shape index (κ1) is 16.7. The van der Waals surface area contributed by atoms with E-state index in [1.807, 2.05) is 12.3 Å². The highest BCUT2D eigenvalue weighted by Crippen LogP contribution is 2.19. The van der Waals surface area contributed by atoms with Crippen LogP contribution in [0.5, 0.6) is 0 Å². The molecule has 0 atom stereocenters. The van der Waals surface area contributed by atoms with E-state index in [0.717, 1.165) is 51.9 Å². The Morgan fingerprint density at radius 2 is 2.17 bits per heavy atom. The molecule has 0 aliphatic carbocycles. The number of fused-ring (bicyclic) bond motifs is 1. The molecule has 1 fully saturated rings. The molecule has 0 amide bonds. The van der Waals surface area contributed by atoms with E-state index >= 15 is 0 Å². The second-order valence-corrected chi connectivity index (χ2v) is 6.44. The van der Waals surface area contributed by atoms with Gasteiger partial charge in [-0.25, -0.2) is 4.98 Å². The van der Waals surface area contributed by atoms with Gasteiger partial charge in [0.2, 0.25) is 5.95 Å². The Morgan fingerprint density at radius 1 is 1.38 bits per heavy atom. The average molecular weight is 330 g/mol. The lowest BCUT2D eigenvalue weighted by Crippen LogP contribution is -2.32. The number of nitrogens with one attached hydrogen (secondary N) is 2. The normalized spacial score (nSPS) is 15.7. The maximum Gasteiger partial charge on any atom is 0.263 e. The number of aromatic nitrogens is 3. The Hall–Kier alpha value is -2.15. The fourth-order valence-corrected chi connectivity index (χ4v) is 3.20. The molecular formula is C17H26N6O. The third-order valence-corrected chi connectivity index (χ3v) is 4.58. The van der Waals surface area contributed by atoms with Gasteiger partial charge >= 0.3 is 0 Å². The maximum absolute atomic E-state index is 13.0. The highest BCUT2D eigenvalue weighted by Gasteiger charge is 2.17. The summed E-state index contributed by atoms with van der Waals surface area (Å²) in [6, 6.07) is 1.86. The smallest absolute Gasteiger partial charge is 0.263 e. The number of nitrogens with zero attached hydrogens (tertiary/aromatic N) is 3. The van der Waals surface area contributed by atoms with Crippen molar-refractivity contribution in [2.24, 2.45) is 5.92 Å². The first-order valence-electron chi connectivity index (χ1n) is 8.80.